The second-order valence-electron chi connectivity index (χ2n) is 5.42. The van der Waals surface area contributed by atoms with Gasteiger partial charge in [0, 0.05) is 30.1 Å². The Hall–Kier alpha value is -1.90. The first-order valence-electron chi connectivity index (χ1n) is 7.08. The van der Waals surface area contributed by atoms with Crippen LogP contribution in [0.15, 0.2) is 16.2 Å². The maximum Gasteiger partial charge on any atom is 0.452 e. The van der Waals surface area contributed by atoms with Gasteiger partial charge in [0.05, 0.1) is 5.01 Å². The summed E-state index contributed by atoms with van der Waals surface area (Å²) in [5.74, 6) is -1.82. The van der Waals surface area contributed by atoms with Gasteiger partial charge in [-0.3, -0.25) is 4.79 Å². The standard InChI is InChI=1S/C14H14F3N3O2S/c1-8-6-23-12(19-8)9-2-4-20(5-3-9)13(21)10-11(14(15,16)17)22-7-18-10/h6-7,9H,2-5H2,1H3. The molecule has 23 heavy (non-hydrogen) atoms. The Balaban J connectivity index is 1.68. The number of hydrogen-bond donors (Lipinski definition) is 0. The highest BCUT2D eigenvalue weighted by Gasteiger charge is 2.42. The number of amides is 1. The van der Waals surface area contributed by atoms with E-state index in [1.807, 2.05) is 12.3 Å². The van der Waals surface area contributed by atoms with Crippen molar-refractivity contribution in [3.05, 3.63) is 33.9 Å². The molecular weight excluding hydrogens is 331 g/mol. The molecule has 0 aromatic carbocycles. The van der Waals surface area contributed by atoms with E-state index in [2.05, 4.69) is 14.4 Å². The molecule has 1 fully saturated rings. The maximum atomic E-state index is 12.8. The lowest BCUT2D eigenvalue weighted by Gasteiger charge is -2.30. The summed E-state index contributed by atoms with van der Waals surface area (Å²) >= 11 is 1.58. The maximum absolute atomic E-state index is 12.8. The van der Waals surface area contributed by atoms with Gasteiger partial charge in [-0.15, -0.1) is 11.3 Å². The van der Waals surface area contributed by atoms with Gasteiger partial charge in [-0.2, -0.15) is 13.2 Å². The molecule has 0 atom stereocenters. The molecule has 5 nitrogen and oxygen atoms in total. The summed E-state index contributed by atoms with van der Waals surface area (Å²) in [5.41, 5.74) is 0.293. The molecule has 1 aliphatic rings. The first-order valence-corrected chi connectivity index (χ1v) is 7.96. The third-order valence-electron chi connectivity index (χ3n) is 3.80. The summed E-state index contributed by atoms with van der Waals surface area (Å²) in [6.07, 6.45) is -2.71. The number of hydrogen-bond acceptors (Lipinski definition) is 5. The van der Waals surface area contributed by atoms with Crippen LogP contribution in [0.5, 0.6) is 0 Å². The Morgan fingerprint density at radius 2 is 2.09 bits per heavy atom. The Labute approximate surface area is 134 Å². The van der Waals surface area contributed by atoms with Crippen molar-refractivity contribution in [2.75, 3.05) is 13.1 Å². The van der Waals surface area contributed by atoms with Gasteiger partial charge in [0.15, 0.2) is 12.1 Å². The molecule has 3 heterocycles. The predicted octanol–water partition coefficient (Wildman–Crippen LogP) is 3.48. The average molecular weight is 345 g/mol. The van der Waals surface area contributed by atoms with Gasteiger partial charge in [-0.1, -0.05) is 0 Å². The second-order valence-corrected chi connectivity index (χ2v) is 6.31. The third-order valence-corrected chi connectivity index (χ3v) is 4.92. The summed E-state index contributed by atoms with van der Waals surface area (Å²) in [6.45, 7) is 2.68. The summed E-state index contributed by atoms with van der Waals surface area (Å²) in [5, 5.41) is 2.99. The summed E-state index contributed by atoms with van der Waals surface area (Å²) in [7, 11) is 0. The molecule has 124 valence electrons. The first-order chi connectivity index (χ1) is 10.9. The van der Waals surface area contributed by atoms with Crippen molar-refractivity contribution in [1.82, 2.24) is 14.9 Å². The fourth-order valence-corrected chi connectivity index (χ4v) is 3.61. The van der Waals surface area contributed by atoms with E-state index in [1.165, 1.54) is 4.90 Å². The van der Waals surface area contributed by atoms with Crippen molar-refractivity contribution in [2.45, 2.75) is 31.9 Å². The van der Waals surface area contributed by atoms with Gasteiger partial charge >= 0.3 is 6.18 Å². The van der Waals surface area contributed by atoms with E-state index < -0.39 is 23.5 Å². The lowest BCUT2D eigenvalue weighted by Crippen LogP contribution is -2.38. The summed E-state index contributed by atoms with van der Waals surface area (Å²) in [6, 6.07) is 0. The predicted molar refractivity (Wildman–Crippen MR) is 76.2 cm³/mol. The average Bonchev–Trinajstić information content (AvgIpc) is 3.15. The van der Waals surface area contributed by atoms with Crippen molar-refractivity contribution in [1.29, 1.82) is 0 Å². The van der Waals surface area contributed by atoms with Crippen molar-refractivity contribution in [3.63, 3.8) is 0 Å². The molecule has 0 bridgehead atoms. The minimum atomic E-state index is -4.72. The molecule has 9 heteroatoms. The Kier molecular flexibility index (Phi) is 4.13. The van der Waals surface area contributed by atoms with Gasteiger partial charge in [0.1, 0.15) is 0 Å². The van der Waals surface area contributed by atoms with Crippen LogP contribution in [0, 0.1) is 6.92 Å². The largest absolute Gasteiger partial charge is 0.452 e. The zero-order chi connectivity index (χ0) is 16.6. The van der Waals surface area contributed by atoms with Crippen molar-refractivity contribution in [3.8, 4) is 0 Å². The Morgan fingerprint density at radius 1 is 1.39 bits per heavy atom. The number of likely N-dealkylation sites (tertiary alicyclic amines) is 1. The normalized spacial score (nSPS) is 16.8. The molecule has 1 aliphatic heterocycles. The van der Waals surface area contributed by atoms with E-state index in [9.17, 15) is 18.0 Å². The number of halogens is 3. The highest BCUT2D eigenvalue weighted by atomic mass is 32.1. The fraction of sp³-hybridized carbons (Fsp3) is 0.500. The number of aromatic nitrogens is 2. The quantitative estimate of drug-likeness (QED) is 0.836. The smallest absolute Gasteiger partial charge is 0.438 e. The number of piperidine rings is 1. The van der Waals surface area contributed by atoms with E-state index in [4.69, 9.17) is 0 Å². The lowest BCUT2D eigenvalue weighted by molar-refractivity contribution is -0.153. The molecule has 1 saturated heterocycles. The number of carbonyl (C=O) groups is 1. The van der Waals surface area contributed by atoms with Crippen LogP contribution in [-0.4, -0.2) is 33.9 Å². The van der Waals surface area contributed by atoms with Crippen LogP contribution in [0.1, 0.15) is 45.7 Å². The van der Waals surface area contributed by atoms with Gasteiger partial charge in [0.2, 0.25) is 5.76 Å². The first kappa shape index (κ1) is 16.0. The van der Waals surface area contributed by atoms with Crippen LogP contribution in [-0.2, 0) is 6.18 Å². The number of oxazole rings is 1. The number of nitrogens with zero attached hydrogens (tertiary/aromatic N) is 3. The topological polar surface area (TPSA) is 59.2 Å². The molecule has 2 aromatic rings. The van der Waals surface area contributed by atoms with E-state index in [-0.39, 0.29) is 5.92 Å². The third kappa shape index (κ3) is 3.24. The highest BCUT2D eigenvalue weighted by Crippen LogP contribution is 2.34. The molecule has 3 rings (SSSR count). The Bertz CT molecular complexity index is 702. The SMILES string of the molecule is Cc1csc(C2CCN(C(=O)c3ncoc3C(F)(F)F)CC2)n1. The van der Waals surface area contributed by atoms with Gasteiger partial charge in [-0.25, -0.2) is 9.97 Å². The molecule has 0 aliphatic carbocycles. The number of thiazole rings is 1. The van der Waals surface area contributed by atoms with Crippen molar-refractivity contribution < 1.29 is 22.4 Å². The Morgan fingerprint density at radius 3 is 2.65 bits per heavy atom. The van der Waals surface area contributed by atoms with E-state index in [0.717, 1.165) is 10.7 Å². The zero-order valence-electron chi connectivity index (χ0n) is 12.3. The number of alkyl halides is 3. The van der Waals surface area contributed by atoms with Gasteiger partial charge in [0.25, 0.3) is 5.91 Å². The van der Waals surface area contributed by atoms with Gasteiger partial charge in [-0.05, 0) is 19.8 Å². The van der Waals surface area contributed by atoms with Crippen LogP contribution >= 0.6 is 11.3 Å². The second kappa shape index (κ2) is 5.95. The van der Waals surface area contributed by atoms with Crippen LogP contribution < -0.4 is 0 Å². The van der Waals surface area contributed by atoms with Crippen molar-refractivity contribution in [2.24, 2.45) is 0 Å². The summed E-state index contributed by atoms with van der Waals surface area (Å²) in [4.78, 5) is 21.5. The molecule has 1 amide bonds. The van der Waals surface area contributed by atoms with Crippen LogP contribution in [0.3, 0.4) is 0 Å². The number of rotatable bonds is 2. The molecule has 0 saturated carbocycles. The highest BCUT2D eigenvalue weighted by molar-refractivity contribution is 7.09. The van der Waals surface area contributed by atoms with Crippen LogP contribution in [0.4, 0.5) is 13.2 Å². The minimum Gasteiger partial charge on any atom is -0.438 e. The van der Waals surface area contributed by atoms with Crippen LogP contribution in [0.25, 0.3) is 0 Å². The fourth-order valence-electron chi connectivity index (χ4n) is 2.64. The zero-order valence-corrected chi connectivity index (χ0v) is 13.1. The van der Waals surface area contributed by atoms with Crippen LogP contribution in [0.2, 0.25) is 0 Å². The number of carbonyl (C=O) groups excluding carboxylic acids is 1. The molecule has 0 spiro atoms. The number of aryl methyl sites for hydroxylation is 1. The molecule has 0 radical (unpaired) electrons. The molecule has 2 aromatic heterocycles. The van der Waals surface area contributed by atoms with E-state index in [0.29, 0.717) is 32.3 Å². The van der Waals surface area contributed by atoms with Crippen molar-refractivity contribution >= 4 is 17.2 Å². The monoisotopic (exact) mass is 345 g/mol. The van der Waals surface area contributed by atoms with E-state index >= 15 is 0 Å². The summed E-state index contributed by atoms with van der Waals surface area (Å²) < 4.78 is 42.7. The molecule has 0 N–H and O–H groups in total. The molecule has 0 unspecified atom stereocenters. The minimum absolute atomic E-state index is 0.247. The molecular formula is C14H14F3N3O2S. The van der Waals surface area contributed by atoms with Gasteiger partial charge < -0.3 is 9.32 Å². The van der Waals surface area contributed by atoms with E-state index in [1.54, 1.807) is 11.3 Å². The lowest BCUT2D eigenvalue weighted by atomic mass is 9.97.